The Morgan fingerprint density at radius 1 is 0.941 bits per heavy atom. The summed E-state index contributed by atoms with van der Waals surface area (Å²) in [6, 6.07) is 18.3. The van der Waals surface area contributed by atoms with Crippen LogP contribution in [0.3, 0.4) is 0 Å². The van der Waals surface area contributed by atoms with Crippen LogP contribution in [0, 0.1) is 12.8 Å². The number of sulfonamides is 1. The van der Waals surface area contributed by atoms with Crippen LogP contribution in [0.1, 0.15) is 37.0 Å². The second-order valence-corrected chi connectivity index (χ2v) is 10.5. The molecule has 0 radical (unpaired) electrons. The van der Waals surface area contributed by atoms with Gasteiger partial charge >= 0.3 is 0 Å². The van der Waals surface area contributed by atoms with Gasteiger partial charge in [0.2, 0.25) is 15.9 Å². The van der Waals surface area contributed by atoms with E-state index in [9.17, 15) is 18.0 Å². The van der Waals surface area contributed by atoms with E-state index in [0.29, 0.717) is 13.0 Å². The lowest BCUT2D eigenvalue weighted by molar-refractivity contribution is -0.123. The number of amides is 1. The van der Waals surface area contributed by atoms with Crippen LogP contribution in [0.2, 0.25) is 0 Å². The number of carbonyl (C=O) groups excluding carboxylic acids is 1. The monoisotopic (exact) mass is 481 g/mol. The molecule has 2 N–H and O–H groups in total. The van der Waals surface area contributed by atoms with E-state index in [2.05, 4.69) is 10.0 Å². The minimum atomic E-state index is -3.83. The summed E-state index contributed by atoms with van der Waals surface area (Å²) in [6.45, 7) is 6.50. The summed E-state index contributed by atoms with van der Waals surface area (Å²) in [7, 11) is -3.83. The summed E-state index contributed by atoms with van der Waals surface area (Å²) in [4.78, 5) is 24.9. The molecule has 0 saturated heterocycles. The Bertz CT molecular complexity index is 1260. The molecule has 0 aliphatic rings. The van der Waals surface area contributed by atoms with Crippen LogP contribution >= 0.6 is 0 Å². The van der Waals surface area contributed by atoms with Crippen molar-refractivity contribution in [2.45, 2.75) is 51.2 Å². The molecule has 1 heterocycles. The normalized spacial score (nSPS) is 12.5. The number of pyridine rings is 1. The molecule has 0 aliphatic heterocycles. The zero-order valence-electron chi connectivity index (χ0n) is 19.7. The zero-order valence-corrected chi connectivity index (χ0v) is 20.5. The lowest BCUT2D eigenvalue weighted by Gasteiger charge is -2.20. The second kappa shape index (κ2) is 11.3. The summed E-state index contributed by atoms with van der Waals surface area (Å²) >= 11 is 0. The standard InChI is InChI=1S/C26H31N3O4S/c1-19(2)16-24(28-34(32,33)23-13-7-20(3)8-14-23)26(31)27-17-21-9-11-22(12-10-21)18-29-15-5-4-6-25(29)30/h4-15,19,24,28H,16-18H2,1-3H3,(H,27,31). The number of aromatic nitrogens is 1. The first-order chi connectivity index (χ1) is 16.1. The first kappa shape index (κ1) is 25.4. The summed E-state index contributed by atoms with van der Waals surface area (Å²) in [6.07, 6.45) is 2.12. The number of benzene rings is 2. The number of nitrogens with zero attached hydrogens (tertiary/aromatic N) is 1. The number of hydrogen-bond acceptors (Lipinski definition) is 4. The topological polar surface area (TPSA) is 97.3 Å². The second-order valence-electron chi connectivity index (χ2n) is 8.82. The average molecular weight is 482 g/mol. The maximum atomic E-state index is 12.9. The van der Waals surface area contributed by atoms with E-state index in [0.717, 1.165) is 16.7 Å². The molecule has 3 aromatic rings. The van der Waals surface area contributed by atoms with Crippen LogP contribution < -0.4 is 15.6 Å². The number of hydrogen-bond donors (Lipinski definition) is 2. The summed E-state index contributed by atoms with van der Waals surface area (Å²) in [5, 5.41) is 2.84. The first-order valence-corrected chi connectivity index (χ1v) is 12.7. The van der Waals surface area contributed by atoms with E-state index in [1.165, 1.54) is 18.2 Å². The molecule has 3 rings (SSSR count). The highest BCUT2D eigenvalue weighted by molar-refractivity contribution is 7.89. The van der Waals surface area contributed by atoms with E-state index in [1.54, 1.807) is 29.0 Å². The average Bonchev–Trinajstić information content (AvgIpc) is 2.79. The molecule has 0 fully saturated rings. The van der Waals surface area contributed by atoms with Crippen LogP contribution in [0.5, 0.6) is 0 Å². The van der Waals surface area contributed by atoms with Gasteiger partial charge in [0.15, 0.2) is 0 Å². The fourth-order valence-corrected chi connectivity index (χ4v) is 4.72. The third-order valence-electron chi connectivity index (χ3n) is 5.39. The van der Waals surface area contributed by atoms with E-state index in [-0.39, 0.29) is 28.8 Å². The molecule has 1 unspecified atom stereocenters. The molecule has 0 saturated carbocycles. The summed E-state index contributed by atoms with van der Waals surface area (Å²) in [5.41, 5.74) is 2.73. The van der Waals surface area contributed by atoms with Crippen LogP contribution in [-0.2, 0) is 27.9 Å². The Labute approximate surface area is 200 Å². The maximum absolute atomic E-state index is 12.9. The predicted molar refractivity (Wildman–Crippen MR) is 133 cm³/mol. The van der Waals surface area contributed by atoms with Crippen LogP contribution in [0.4, 0.5) is 0 Å². The van der Waals surface area contributed by atoms with E-state index < -0.39 is 16.1 Å². The highest BCUT2D eigenvalue weighted by atomic mass is 32.2. The molecular formula is C26H31N3O4S. The number of carbonyl (C=O) groups is 1. The summed E-state index contributed by atoms with van der Waals surface area (Å²) < 4.78 is 29.8. The van der Waals surface area contributed by atoms with Crippen molar-refractivity contribution in [1.29, 1.82) is 0 Å². The third kappa shape index (κ3) is 7.13. The van der Waals surface area contributed by atoms with Gasteiger partial charge in [-0.3, -0.25) is 9.59 Å². The van der Waals surface area contributed by atoms with E-state index in [4.69, 9.17) is 0 Å². The molecule has 8 heteroatoms. The Balaban J connectivity index is 1.63. The van der Waals surface area contributed by atoms with Gasteiger partial charge < -0.3 is 9.88 Å². The lowest BCUT2D eigenvalue weighted by Crippen LogP contribution is -2.47. The van der Waals surface area contributed by atoms with Crippen LogP contribution in [0.25, 0.3) is 0 Å². The lowest BCUT2D eigenvalue weighted by atomic mass is 10.0. The molecule has 180 valence electrons. The van der Waals surface area contributed by atoms with E-state index >= 15 is 0 Å². The van der Waals surface area contributed by atoms with Crippen molar-refractivity contribution in [2.24, 2.45) is 5.92 Å². The van der Waals surface area contributed by atoms with Crippen molar-refractivity contribution in [3.05, 3.63) is 100.0 Å². The van der Waals surface area contributed by atoms with Crippen molar-refractivity contribution in [2.75, 3.05) is 0 Å². The number of aryl methyl sites for hydroxylation is 1. The van der Waals surface area contributed by atoms with Crippen molar-refractivity contribution >= 4 is 15.9 Å². The number of nitrogens with one attached hydrogen (secondary N) is 2. The van der Waals surface area contributed by atoms with Gasteiger partial charge in [-0.1, -0.05) is 61.9 Å². The quantitative estimate of drug-likeness (QED) is 0.465. The smallest absolute Gasteiger partial charge is 0.250 e. The Kier molecular flexibility index (Phi) is 8.41. The van der Waals surface area contributed by atoms with Crippen molar-refractivity contribution in [1.82, 2.24) is 14.6 Å². The van der Waals surface area contributed by atoms with Gasteiger partial charge in [0.05, 0.1) is 11.4 Å². The molecule has 2 aromatic carbocycles. The van der Waals surface area contributed by atoms with Gasteiger partial charge in [0.25, 0.3) is 5.56 Å². The van der Waals surface area contributed by atoms with Gasteiger partial charge in [-0.05, 0) is 48.6 Å². The van der Waals surface area contributed by atoms with Crippen LogP contribution in [-0.4, -0.2) is 24.9 Å². The van der Waals surface area contributed by atoms with Crippen LogP contribution in [0.15, 0.2) is 82.6 Å². The Hall–Kier alpha value is -3.23. The maximum Gasteiger partial charge on any atom is 0.250 e. The minimum absolute atomic E-state index is 0.0666. The molecule has 0 spiro atoms. The molecular weight excluding hydrogens is 450 g/mol. The van der Waals surface area contributed by atoms with Crippen molar-refractivity contribution in [3.63, 3.8) is 0 Å². The Morgan fingerprint density at radius 2 is 1.59 bits per heavy atom. The Morgan fingerprint density at radius 3 is 2.21 bits per heavy atom. The predicted octanol–water partition coefficient (Wildman–Crippen LogP) is 3.21. The van der Waals surface area contributed by atoms with Gasteiger partial charge in [-0.2, -0.15) is 4.72 Å². The molecule has 0 bridgehead atoms. The third-order valence-corrected chi connectivity index (χ3v) is 6.88. The highest BCUT2D eigenvalue weighted by Crippen LogP contribution is 2.14. The largest absolute Gasteiger partial charge is 0.351 e. The van der Waals surface area contributed by atoms with Gasteiger partial charge in [0.1, 0.15) is 6.04 Å². The molecule has 34 heavy (non-hydrogen) atoms. The molecule has 7 nitrogen and oxygen atoms in total. The number of rotatable bonds is 10. The van der Waals surface area contributed by atoms with Gasteiger partial charge in [-0.15, -0.1) is 0 Å². The molecule has 0 aliphatic carbocycles. The highest BCUT2D eigenvalue weighted by Gasteiger charge is 2.26. The molecule has 1 atom stereocenters. The summed E-state index contributed by atoms with van der Waals surface area (Å²) in [5.74, 6) is -0.249. The first-order valence-electron chi connectivity index (χ1n) is 11.2. The van der Waals surface area contributed by atoms with E-state index in [1.807, 2.05) is 51.1 Å². The fraction of sp³-hybridized carbons (Fsp3) is 0.308. The zero-order chi connectivity index (χ0) is 24.7. The fourth-order valence-electron chi connectivity index (χ4n) is 3.52. The molecule has 1 amide bonds. The SMILES string of the molecule is Cc1ccc(S(=O)(=O)NC(CC(C)C)C(=O)NCc2ccc(Cn3ccccc3=O)cc2)cc1. The molecule has 1 aromatic heterocycles. The van der Waals surface area contributed by atoms with Gasteiger partial charge in [0, 0.05) is 18.8 Å². The van der Waals surface area contributed by atoms with Crippen molar-refractivity contribution < 1.29 is 13.2 Å². The minimum Gasteiger partial charge on any atom is -0.351 e. The van der Waals surface area contributed by atoms with Crippen molar-refractivity contribution in [3.8, 4) is 0 Å². The van der Waals surface area contributed by atoms with Gasteiger partial charge in [-0.25, -0.2) is 8.42 Å².